The second kappa shape index (κ2) is 20.4. The fourth-order valence-electron chi connectivity index (χ4n) is 5.90. The highest BCUT2D eigenvalue weighted by Crippen LogP contribution is 2.32. The number of benzene rings is 2. The molecule has 0 spiro atoms. The van der Waals surface area contributed by atoms with Crippen molar-refractivity contribution in [2.45, 2.75) is 78.3 Å². The first-order valence-electron chi connectivity index (χ1n) is 18.5. The van der Waals surface area contributed by atoms with Crippen molar-refractivity contribution in [2.24, 2.45) is 5.92 Å². The van der Waals surface area contributed by atoms with E-state index in [2.05, 4.69) is 61.3 Å². The molecular formula is C40H52N8O6. The van der Waals surface area contributed by atoms with Gasteiger partial charge in [0.1, 0.15) is 17.7 Å². The van der Waals surface area contributed by atoms with E-state index in [1.165, 1.54) is 20.6 Å². The van der Waals surface area contributed by atoms with Crippen molar-refractivity contribution in [2.75, 3.05) is 33.9 Å². The molecule has 0 aliphatic carbocycles. The summed E-state index contributed by atoms with van der Waals surface area (Å²) in [5.74, 6) is 7.55. The average Bonchev–Trinajstić information content (AvgIpc) is 3.95. The van der Waals surface area contributed by atoms with Crippen LogP contribution in [0.1, 0.15) is 88.6 Å². The standard InChI is InChI=1S/C37H44N8O6.C3H8/c1-23(2)33(44-37(49)51-4)35(47)45-19-7-8-30(45)34-42-27-17-14-25(20-28(27)43-34)11-10-24-12-15-26(16-13-24)29-21-39-31(41-29)9-5-6-18-38-32(46)22-40-36(48)50-3;1-3-2/h12-17,20-21,23,30,33H,5-9,18-19,22H2,1-4H3,(H,38,46)(H,39,41)(H,40,48)(H,42,43)(H,44,49);3H2,1-2H3. The first kappa shape index (κ1) is 40.9. The van der Waals surface area contributed by atoms with Gasteiger partial charge in [0.15, 0.2) is 0 Å². The zero-order chi connectivity index (χ0) is 39.0. The molecule has 3 heterocycles. The molecule has 2 aromatic carbocycles. The Labute approximate surface area is 316 Å². The van der Waals surface area contributed by atoms with Crippen LogP contribution in [0.4, 0.5) is 9.59 Å². The quantitative estimate of drug-likeness (QED) is 0.0918. The lowest BCUT2D eigenvalue weighted by Crippen LogP contribution is -2.51. The van der Waals surface area contributed by atoms with E-state index in [1.807, 2.05) is 62.5 Å². The van der Waals surface area contributed by atoms with Gasteiger partial charge >= 0.3 is 12.2 Å². The summed E-state index contributed by atoms with van der Waals surface area (Å²) in [5, 5.41) is 7.79. The van der Waals surface area contributed by atoms with Crippen LogP contribution in [0.3, 0.4) is 0 Å². The van der Waals surface area contributed by atoms with E-state index in [-0.39, 0.29) is 30.3 Å². The van der Waals surface area contributed by atoms with Crippen molar-refractivity contribution in [3.8, 4) is 23.1 Å². The predicted molar refractivity (Wildman–Crippen MR) is 206 cm³/mol. The number of alkyl carbamates (subject to hydrolysis) is 2. The number of imidazole rings is 2. The molecule has 54 heavy (non-hydrogen) atoms. The van der Waals surface area contributed by atoms with Crippen LogP contribution < -0.4 is 16.0 Å². The van der Waals surface area contributed by atoms with Crippen molar-refractivity contribution in [3.05, 3.63) is 71.4 Å². The number of nitrogens with zero attached hydrogens (tertiary/aromatic N) is 3. The highest BCUT2D eigenvalue weighted by molar-refractivity contribution is 5.86. The van der Waals surface area contributed by atoms with E-state index in [0.717, 1.165) is 77.2 Å². The number of aromatic nitrogens is 4. The maximum atomic E-state index is 13.5. The minimum Gasteiger partial charge on any atom is -0.453 e. The summed E-state index contributed by atoms with van der Waals surface area (Å²) in [5.41, 5.74) is 5.24. The highest BCUT2D eigenvalue weighted by atomic mass is 16.5. The summed E-state index contributed by atoms with van der Waals surface area (Å²) >= 11 is 0. The molecule has 0 saturated carbocycles. The monoisotopic (exact) mass is 740 g/mol. The number of H-pyrrole nitrogens is 2. The molecule has 288 valence electrons. The minimum absolute atomic E-state index is 0.106. The summed E-state index contributed by atoms with van der Waals surface area (Å²) in [4.78, 5) is 66.0. The molecule has 0 bridgehead atoms. The third kappa shape index (κ3) is 11.6. The van der Waals surface area contributed by atoms with E-state index in [0.29, 0.717) is 13.1 Å². The maximum absolute atomic E-state index is 13.5. The Hall–Kier alpha value is -5.84. The van der Waals surface area contributed by atoms with E-state index in [4.69, 9.17) is 9.72 Å². The van der Waals surface area contributed by atoms with Gasteiger partial charge < -0.3 is 40.3 Å². The van der Waals surface area contributed by atoms with E-state index in [1.54, 1.807) is 4.90 Å². The second-order valence-corrected chi connectivity index (χ2v) is 13.3. The van der Waals surface area contributed by atoms with Crippen molar-refractivity contribution in [1.82, 2.24) is 40.8 Å². The van der Waals surface area contributed by atoms with Crippen LogP contribution >= 0.6 is 0 Å². The Bertz CT molecular complexity index is 1920. The Morgan fingerprint density at radius 1 is 0.944 bits per heavy atom. The van der Waals surface area contributed by atoms with Crippen molar-refractivity contribution in [1.29, 1.82) is 0 Å². The van der Waals surface area contributed by atoms with Crippen LogP contribution in [0, 0.1) is 17.8 Å². The Balaban J connectivity index is 0.00000209. The molecule has 4 amide bonds. The summed E-state index contributed by atoms with van der Waals surface area (Å²) in [6.07, 6.45) is 5.77. The van der Waals surface area contributed by atoms with Crippen LogP contribution in [0.5, 0.6) is 0 Å². The topological polar surface area (TPSA) is 183 Å². The number of amides is 4. The molecule has 14 nitrogen and oxygen atoms in total. The number of carbonyl (C=O) groups excluding carboxylic acids is 4. The number of nitrogens with one attached hydrogen (secondary N) is 5. The van der Waals surface area contributed by atoms with Gasteiger partial charge in [0, 0.05) is 30.6 Å². The molecule has 2 atom stereocenters. The number of aromatic amines is 2. The van der Waals surface area contributed by atoms with Crippen molar-refractivity contribution >= 4 is 35.0 Å². The van der Waals surface area contributed by atoms with Crippen LogP contribution in [-0.4, -0.2) is 88.7 Å². The molecular weight excluding hydrogens is 688 g/mol. The van der Waals surface area contributed by atoms with Gasteiger partial charge in [-0.25, -0.2) is 19.6 Å². The van der Waals surface area contributed by atoms with Gasteiger partial charge in [-0.1, -0.05) is 58.1 Å². The molecule has 1 aliphatic heterocycles. The molecule has 5 rings (SSSR count). The SMILES string of the molecule is CCC.COC(=O)NCC(=O)NCCCCc1ncc(-c2ccc(C#Cc3ccc4nc(C5CCCN5C(=O)C(NC(=O)OC)C(C)C)[nH]c4c3)cc2)[nH]1. The van der Waals surface area contributed by atoms with Crippen molar-refractivity contribution < 1.29 is 28.7 Å². The first-order chi connectivity index (χ1) is 26.1. The number of fused-ring (bicyclic) bond motifs is 1. The summed E-state index contributed by atoms with van der Waals surface area (Å²) < 4.78 is 9.18. The Morgan fingerprint density at radius 3 is 2.35 bits per heavy atom. The van der Waals surface area contributed by atoms with Crippen LogP contribution in [0.2, 0.25) is 0 Å². The number of methoxy groups -OCH3 is 2. The molecule has 14 heteroatoms. The lowest BCUT2D eigenvalue weighted by Gasteiger charge is -2.29. The number of hydrogen-bond donors (Lipinski definition) is 5. The number of ether oxygens (including phenoxy) is 2. The Morgan fingerprint density at radius 2 is 1.65 bits per heavy atom. The summed E-state index contributed by atoms with van der Waals surface area (Å²) in [7, 11) is 2.53. The van der Waals surface area contributed by atoms with Gasteiger partial charge in [0.05, 0.1) is 49.7 Å². The van der Waals surface area contributed by atoms with Crippen LogP contribution in [0.15, 0.2) is 48.7 Å². The van der Waals surface area contributed by atoms with Gasteiger partial charge in [-0.2, -0.15) is 0 Å². The number of carbonyl (C=O) groups is 4. The fraction of sp³-hybridized carbons (Fsp3) is 0.450. The summed E-state index contributed by atoms with van der Waals surface area (Å²) in [6, 6.07) is 12.9. The average molecular weight is 741 g/mol. The second-order valence-electron chi connectivity index (χ2n) is 13.3. The molecule has 0 radical (unpaired) electrons. The maximum Gasteiger partial charge on any atom is 0.407 e. The largest absolute Gasteiger partial charge is 0.453 e. The molecule has 1 saturated heterocycles. The van der Waals surface area contributed by atoms with Gasteiger partial charge in [-0.3, -0.25) is 9.59 Å². The van der Waals surface area contributed by atoms with E-state index in [9.17, 15) is 19.2 Å². The zero-order valence-corrected chi connectivity index (χ0v) is 32.0. The number of hydrogen-bond acceptors (Lipinski definition) is 8. The normalized spacial score (nSPS) is 14.0. The lowest BCUT2D eigenvalue weighted by molar-refractivity contribution is -0.135. The fourth-order valence-corrected chi connectivity index (χ4v) is 5.90. The smallest absolute Gasteiger partial charge is 0.407 e. The molecule has 4 aromatic rings. The lowest BCUT2D eigenvalue weighted by atomic mass is 10.0. The van der Waals surface area contributed by atoms with Crippen LogP contribution in [-0.2, 0) is 25.5 Å². The first-order valence-corrected chi connectivity index (χ1v) is 18.5. The van der Waals surface area contributed by atoms with Gasteiger partial charge in [-0.05, 0) is 67.5 Å². The zero-order valence-electron chi connectivity index (χ0n) is 32.0. The molecule has 1 aliphatic rings. The Kier molecular flexibility index (Phi) is 15.5. The number of likely N-dealkylation sites (tertiary alicyclic amines) is 1. The predicted octanol–water partition coefficient (Wildman–Crippen LogP) is 5.61. The van der Waals surface area contributed by atoms with Crippen molar-refractivity contribution in [3.63, 3.8) is 0 Å². The molecule has 1 fully saturated rings. The van der Waals surface area contributed by atoms with Gasteiger partial charge in [0.2, 0.25) is 11.8 Å². The van der Waals surface area contributed by atoms with E-state index < -0.39 is 18.2 Å². The molecule has 5 N–H and O–H groups in total. The number of aryl methyl sites for hydroxylation is 1. The van der Waals surface area contributed by atoms with E-state index >= 15 is 0 Å². The van der Waals surface area contributed by atoms with Gasteiger partial charge in [0.25, 0.3) is 0 Å². The van der Waals surface area contributed by atoms with Crippen LogP contribution in [0.25, 0.3) is 22.3 Å². The third-order valence-electron chi connectivity index (χ3n) is 8.66. The minimum atomic E-state index is -0.690. The highest BCUT2D eigenvalue weighted by Gasteiger charge is 2.37. The summed E-state index contributed by atoms with van der Waals surface area (Å²) in [6.45, 7) is 9.02. The number of rotatable bonds is 12. The number of unbranched alkanes of at least 4 members (excludes halogenated alkanes) is 1. The molecule has 2 aromatic heterocycles. The van der Waals surface area contributed by atoms with Gasteiger partial charge in [-0.15, -0.1) is 0 Å². The third-order valence-corrected chi connectivity index (χ3v) is 8.66. The molecule has 2 unspecified atom stereocenters.